The van der Waals surface area contributed by atoms with E-state index in [-0.39, 0.29) is 17.3 Å². The molecule has 0 spiro atoms. The molecule has 1 aromatic rings. The first-order valence-corrected chi connectivity index (χ1v) is 7.40. The number of amides is 1. The first kappa shape index (κ1) is 17.6. The van der Waals surface area contributed by atoms with Crippen LogP contribution in [0.5, 0.6) is 0 Å². The van der Waals surface area contributed by atoms with E-state index in [1.54, 1.807) is 14.1 Å². The SMILES string of the molecule is CN(C)C(=O)CN1CCN(c2ccc([N+](=O)[O-])cc2[N+](=O)[O-])CC1. The molecule has 0 saturated carbocycles. The van der Waals surface area contributed by atoms with Gasteiger partial charge < -0.3 is 9.80 Å². The average molecular weight is 337 g/mol. The van der Waals surface area contributed by atoms with Gasteiger partial charge in [0.1, 0.15) is 5.69 Å². The fraction of sp³-hybridized carbons (Fsp3) is 0.500. The summed E-state index contributed by atoms with van der Waals surface area (Å²) < 4.78 is 0. The van der Waals surface area contributed by atoms with Gasteiger partial charge in [0.15, 0.2) is 0 Å². The topological polar surface area (TPSA) is 113 Å². The molecule has 0 unspecified atom stereocenters. The standard InChI is InChI=1S/C14H19N5O5/c1-15(2)14(20)10-16-5-7-17(8-6-16)12-4-3-11(18(21)22)9-13(12)19(23)24/h3-4,9H,5-8,10H2,1-2H3. The Morgan fingerprint density at radius 1 is 1.12 bits per heavy atom. The molecule has 0 radical (unpaired) electrons. The summed E-state index contributed by atoms with van der Waals surface area (Å²) in [5.41, 5.74) is -0.216. The Morgan fingerprint density at radius 2 is 1.75 bits per heavy atom. The number of carbonyl (C=O) groups is 1. The molecule has 1 fully saturated rings. The summed E-state index contributed by atoms with van der Waals surface area (Å²) in [6.07, 6.45) is 0. The molecule has 10 nitrogen and oxygen atoms in total. The molecular formula is C14H19N5O5. The number of nitrogens with zero attached hydrogens (tertiary/aromatic N) is 5. The summed E-state index contributed by atoms with van der Waals surface area (Å²) in [7, 11) is 3.39. The van der Waals surface area contributed by atoms with Gasteiger partial charge in [0.25, 0.3) is 11.4 Å². The Kier molecular flexibility index (Phi) is 5.29. The minimum Gasteiger partial charge on any atom is -0.363 e. The maximum Gasteiger partial charge on any atom is 0.299 e. The molecule has 1 aliphatic heterocycles. The van der Waals surface area contributed by atoms with E-state index < -0.39 is 9.85 Å². The molecule has 130 valence electrons. The Bertz CT molecular complexity index is 655. The molecule has 1 aliphatic rings. The van der Waals surface area contributed by atoms with E-state index in [4.69, 9.17) is 0 Å². The monoisotopic (exact) mass is 337 g/mol. The van der Waals surface area contributed by atoms with Crippen molar-refractivity contribution in [1.29, 1.82) is 0 Å². The van der Waals surface area contributed by atoms with Crippen LogP contribution in [-0.4, -0.2) is 72.4 Å². The maximum absolute atomic E-state index is 11.7. The normalized spacial score (nSPS) is 15.2. The fourth-order valence-corrected chi connectivity index (χ4v) is 2.52. The quantitative estimate of drug-likeness (QED) is 0.574. The molecule has 10 heteroatoms. The third-order valence-corrected chi connectivity index (χ3v) is 3.94. The van der Waals surface area contributed by atoms with E-state index in [0.717, 1.165) is 6.07 Å². The molecule has 1 aromatic carbocycles. The van der Waals surface area contributed by atoms with Gasteiger partial charge in [0.2, 0.25) is 5.91 Å². The number of rotatable bonds is 5. The lowest BCUT2D eigenvalue weighted by Crippen LogP contribution is -2.49. The number of anilines is 1. The predicted molar refractivity (Wildman–Crippen MR) is 87.1 cm³/mol. The van der Waals surface area contributed by atoms with E-state index in [1.165, 1.54) is 17.0 Å². The van der Waals surface area contributed by atoms with Crippen molar-refractivity contribution in [3.63, 3.8) is 0 Å². The van der Waals surface area contributed by atoms with Gasteiger partial charge in [-0.15, -0.1) is 0 Å². The number of non-ortho nitro benzene ring substituents is 1. The van der Waals surface area contributed by atoms with Crippen molar-refractivity contribution in [1.82, 2.24) is 9.80 Å². The van der Waals surface area contributed by atoms with Crippen molar-refractivity contribution in [2.45, 2.75) is 0 Å². The lowest BCUT2D eigenvalue weighted by Gasteiger charge is -2.35. The zero-order valence-corrected chi connectivity index (χ0v) is 13.5. The highest BCUT2D eigenvalue weighted by Crippen LogP contribution is 2.32. The number of piperazine rings is 1. The van der Waals surface area contributed by atoms with E-state index >= 15 is 0 Å². The summed E-state index contributed by atoms with van der Waals surface area (Å²) >= 11 is 0. The Labute approximate surface area is 138 Å². The molecule has 2 rings (SSSR count). The third kappa shape index (κ3) is 3.96. The average Bonchev–Trinajstić information content (AvgIpc) is 2.54. The second-order valence-electron chi connectivity index (χ2n) is 5.74. The maximum atomic E-state index is 11.7. The second kappa shape index (κ2) is 7.21. The molecule has 0 atom stereocenters. The molecule has 0 N–H and O–H groups in total. The van der Waals surface area contributed by atoms with Crippen LogP contribution in [0.25, 0.3) is 0 Å². The Morgan fingerprint density at radius 3 is 2.25 bits per heavy atom. The summed E-state index contributed by atoms with van der Waals surface area (Å²) in [5.74, 6) is 0.00441. The lowest BCUT2D eigenvalue weighted by molar-refractivity contribution is -0.393. The van der Waals surface area contributed by atoms with Crippen LogP contribution in [-0.2, 0) is 4.79 Å². The summed E-state index contributed by atoms with van der Waals surface area (Å²) in [4.78, 5) is 37.8. The fourth-order valence-electron chi connectivity index (χ4n) is 2.52. The van der Waals surface area contributed by atoms with E-state index in [0.29, 0.717) is 38.4 Å². The molecule has 0 aromatic heterocycles. The summed E-state index contributed by atoms with van der Waals surface area (Å²) in [6.45, 7) is 2.52. The van der Waals surface area contributed by atoms with Crippen molar-refractivity contribution >= 4 is 23.0 Å². The highest BCUT2D eigenvalue weighted by molar-refractivity contribution is 5.77. The zero-order chi connectivity index (χ0) is 17.9. The predicted octanol–water partition coefficient (Wildman–Crippen LogP) is 0.713. The Balaban J connectivity index is 2.10. The lowest BCUT2D eigenvalue weighted by atomic mass is 10.2. The van der Waals surface area contributed by atoms with Gasteiger partial charge in [0.05, 0.1) is 22.5 Å². The van der Waals surface area contributed by atoms with Gasteiger partial charge in [-0.25, -0.2) is 0 Å². The molecule has 1 amide bonds. The van der Waals surface area contributed by atoms with E-state index in [1.807, 2.05) is 9.80 Å². The van der Waals surface area contributed by atoms with Gasteiger partial charge in [-0.05, 0) is 6.07 Å². The first-order valence-electron chi connectivity index (χ1n) is 7.40. The van der Waals surface area contributed by atoms with E-state index in [9.17, 15) is 25.0 Å². The van der Waals surface area contributed by atoms with Gasteiger partial charge >= 0.3 is 0 Å². The highest BCUT2D eigenvalue weighted by atomic mass is 16.6. The zero-order valence-electron chi connectivity index (χ0n) is 13.5. The van der Waals surface area contributed by atoms with Crippen LogP contribution in [0.3, 0.4) is 0 Å². The summed E-state index contributed by atoms with van der Waals surface area (Å²) in [5, 5.41) is 22.0. The van der Waals surface area contributed by atoms with E-state index in [2.05, 4.69) is 0 Å². The summed E-state index contributed by atoms with van der Waals surface area (Å²) in [6, 6.07) is 3.67. The number of hydrogen-bond donors (Lipinski definition) is 0. The Hall–Kier alpha value is -2.75. The number of nitro benzene ring substituents is 2. The number of likely N-dealkylation sites (N-methyl/N-ethyl adjacent to an activating group) is 1. The smallest absolute Gasteiger partial charge is 0.299 e. The van der Waals surface area contributed by atoms with Crippen LogP contribution in [0, 0.1) is 20.2 Å². The number of carbonyl (C=O) groups excluding carboxylic acids is 1. The van der Waals surface area contributed by atoms with Crippen LogP contribution in [0.4, 0.5) is 17.1 Å². The van der Waals surface area contributed by atoms with Crippen molar-refractivity contribution in [3.8, 4) is 0 Å². The molecular weight excluding hydrogens is 318 g/mol. The molecule has 0 bridgehead atoms. The number of benzene rings is 1. The first-order chi connectivity index (χ1) is 11.3. The van der Waals surface area contributed by atoms with Gasteiger partial charge in [-0.3, -0.25) is 29.9 Å². The number of hydrogen-bond acceptors (Lipinski definition) is 7. The van der Waals surface area contributed by atoms with Crippen molar-refractivity contribution in [2.75, 3.05) is 51.7 Å². The van der Waals surface area contributed by atoms with Crippen LogP contribution < -0.4 is 4.90 Å². The van der Waals surface area contributed by atoms with Gasteiger partial charge in [-0.1, -0.05) is 0 Å². The molecule has 1 heterocycles. The van der Waals surface area contributed by atoms with Gasteiger partial charge in [-0.2, -0.15) is 0 Å². The molecule has 0 aliphatic carbocycles. The molecule has 24 heavy (non-hydrogen) atoms. The number of nitro groups is 2. The molecule has 1 saturated heterocycles. The second-order valence-corrected chi connectivity index (χ2v) is 5.74. The highest BCUT2D eigenvalue weighted by Gasteiger charge is 2.26. The third-order valence-electron chi connectivity index (χ3n) is 3.94. The van der Waals surface area contributed by atoms with Crippen LogP contribution in [0.2, 0.25) is 0 Å². The largest absolute Gasteiger partial charge is 0.363 e. The minimum atomic E-state index is -0.651. The van der Waals surface area contributed by atoms with Gasteiger partial charge in [0, 0.05) is 46.3 Å². The van der Waals surface area contributed by atoms with Crippen molar-refractivity contribution < 1.29 is 14.6 Å². The minimum absolute atomic E-state index is 0.00441. The van der Waals surface area contributed by atoms with Crippen molar-refractivity contribution in [2.24, 2.45) is 0 Å². The van der Waals surface area contributed by atoms with Crippen molar-refractivity contribution in [3.05, 3.63) is 38.4 Å². The van der Waals surface area contributed by atoms with Crippen LogP contribution in [0.1, 0.15) is 0 Å². The van der Waals surface area contributed by atoms with Crippen LogP contribution >= 0.6 is 0 Å². The van der Waals surface area contributed by atoms with Crippen LogP contribution in [0.15, 0.2) is 18.2 Å².